The van der Waals surface area contributed by atoms with Gasteiger partial charge in [-0.2, -0.15) is 5.10 Å². The Balaban J connectivity index is 1.25. The van der Waals surface area contributed by atoms with Crippen LogP contribution in [0.1, 0.15) is 74.4 Å². The summed E-state index contributed by atoms with van der Waals surface area (Å²) >= 11 is 6.17. The number of aromatic amines is 1. The summed E-state index contributed by atoms with van der Waals surface area (Å²) in [4.78, 5) is 42.8. The number of aromatic nitrogens is 2. The number of carbonyl (C=O) groups is 3. The molecule has 3 aromatic rings. The fourth-order valence-corrected chi connectivity index (χ4v) is 5.78. The van der Waals surface area contributed by atoms with Gasteiger partial charge in [-0.1, -0.05) is 43.0 Å². The fourth-order valence-electron chi connectivity index (χ4n) is 5.59. The number of nitrogens with zero attached hydrogens (tertiary/aromatic N) is 3. The molecule has 35 heavy (non-hydrogen) atoms. The molecule has 7 nitrogen and oxygen atoms in total. The lowest BCUT2D eigenvalue weighted by atomic mass is 9.94. The molecule has 1 N–H and O–H groups in total. The van der Waals surface area contributed by atoms with Crippen molar-refractivity contribution in [3.8, 4) is 11.3 Å². The van der Waals surface area contributed by atoms with Gasteiger partial charge in [-0.25, -0.2) is 0 Å². The van der Waals surface area contributed by atoms with Crippen LogP contribution in [0.5, 0.6) is 0 Å². The van der Waals surface area contributed by atoms with E-state index in [1.165, 1.54) is 4.90 Å². The summed E-state index contributed by atoms with van der Waals surface area (Å²) < 4.78 is 0. The molecule has 3 aliphatic rings. The van der Waals surface area contributed by atoms with Gasteiger partial charge in [0.25, 0.3) is 17.7 Å². The second-order valence-electron chi connectivity index (χ2n) is 9.55. The Bertz CT molecular complexity index is 1360. The maximum absolute atomic E-state index is 13.5. The van der Waals surface area contributed by atoms with Gasteiger partial charge in [-0.15, -0.1) is 0 Å². The fraction of sp³-hybridized carbons (Fsp3) is 0.333. The maximum Gasteiger partial charge on any atom is 0.261 e. The standard InChI is InChI=1S/C27H25ClN4O3/c28-18-6-4-5-16(13-18)24-22-15-31(12-11-23(22)29-30-24)25(33)17-9-10-20-21(14-17)27(35)32(26(20)34)19-7-2-1-3-8-19/h4-6,9-10,13-14,19H,1-3,7-8,11-12,15H2,(H,29,30). The zero-order valence-electron chi connectivity index (χ0n) is 19.2. The predicted octanol–water partition coefficient (Wildman–Crippen LogP) is 4.86. The molecule has 8 heteroatoms. The number of hydrogen-bond acceptors (Lipinski definition) is 4. The highest BCUT2D eigenvalue weighted by molar-refractivity contribution is 6.30. The molecule has 0 unspecified atom stereocenters. The van der Waals surface area contributed by atoms with E-state index in [0.29, 0.717) is 41.2 Å². The van der Waals surface area contributed by atoms with Gasteiger partial charge in [-0.05, 0) is 43.2 Å². The van der Waals surface area contributed by atoms with Gasteiger partial charge in [0.05, 0.1) is 16.8 Å². The van der Waals surface area contributed by atoms with Crippen molar-refractivity contribution in [3.63, 3.8) is 0 Å². The van der Waals surface area contributed by atoms with Crippen LogP contribution in [-0.2, 0) is 13.0 Å². The third-order valence-corrected chi connectivity index (χ3v) is 7.66. The SMILES string of the molecule is O=C(c1ccc2c(c1)C(=O)N(C1CCCCC1)C2=O)N1CCc2[nH]nc(-c3cccc(Cl)c3)c2C1. The van der Waals surface area contributed by atoms with E-state index < -0.39 is 0 Å². The minimum Gasteiger partial charge on any atom is -0.334 e. The molecule has 1 aliphatic carbocycles. The quantitative estimate of drug-likeness (QED) is 0.533. The molecule has 0 atom stereocenters. The van der Waals surface area contributed by atoms with Crippen LogP contribution < -0.4 is 0 Å². The number of nitrogens with one attached hydrogen (secondary N) is 1. The lowest BCUT2D eigenvalue weighted by Crippen LogP contribution is -2.40. The monoisotopic (exact) mass is 488 g/mol. The lowest BCUT2D eigenvalue weighted by Gasteiger charge is -2.29. The van der Waals surface area contributed by atoms with Crippen LogP contribution in [0.15, 0.2) is 42.5 Å². The first kappa shape index (κ1) is 22.0. The number of imide groups is 1. The largest absolute Gasteiger partial charge is 0.334 e. The molecular formula is C27H25ClN4O3. The van der Waals surface area contributed by atoms with E-state index in [0.717, 1.165) is 54.6 Å². The van der Waals surface area contributed by atoms with Crippen molar-refractivity contribution in [3.05, 3.63) is 75.4 Å². The number of fused-ring (bicyclic) bond motifs is 2. The first-order chi connectivity index (χ1) is 17.0. The number of carbonyl (C=O) groups excluding carboxylic acids is 3. The Kier molecular flexibility index (Phi) is 5.44. The molecule has 1 aromatic heterocycles. The Morgan fingerprint density at radius 3 is 2.60 bits per heavy atom. The minimum absolute atomic E-state index is 0.0400. The van der Waals surface area contributed by atoms with E-state index in [9.17, 15) is 14.4 Å². The molecule has 0 spiro atoms. The normalized spacial score (nSPS) is 18.1. The third-order valence-electron chi connectivity index (χ3n) is 7.42. The van der Waals surface area contributed by atoms with Gasteiger partial charge in [0.1, 0.15) is 0 Å². The van der Waals surface area contributed by atoms with Crippen LogP contribution in [0.3, 0.4) is 0 Å². The van der Waals surface area contributed by atoms with E-state index in [1.807, 2.05) is 24.3 Å². The first-order valence-corrected chi connectivity index (χ1v) is 12.5. The van der Waals surface area contributed by atoms with Gasteiger partial charge in [0, 0.05) is 53.0 Å². The summed E-state index contributed by atoms with van der Waals surface area (Å²) in [5.74, 6) is -0.665. The van der Waals surface area contributed by atoms with Crippen molar-refractivity contribution < 1.29 is 14.4 Å². The number of hydrogen-bond donors (Lipinski definition) is 1. The van der Waals surface area contributed by atoms with E-state index in [2.05, 4.69) is 10.2 Å². The van der Waals surface area contributed by atoms with Crippen LogP contribution in [0, 0.1) is 0 Å². The van der Waals surface area contributed by atoms with Crippen molar-refractivity contribution in [2.24, 2.45) is 0 Å². The highest BCUT2D eigenvalue weighted by Gasteiger charge is 2.40. The molecular weight excluding hydrogens is 464 g/mol. The summed E-state index contributed by atoms with van der Waals surface area (Å²) in [5, 5.41) is 8.22. The van der Waals surface area contributed by atoms with E-state index in [4.69, 9.17) is 11.6 Å². The van der Waals surface area contributed by atoms with E-state index >= 15 is 0 Å². The first-order valence-electron chi connectivity index (χ1n) is 12.1. The number of halogens is 1. The van der Waals surface area contributed by atoms with Crippen molar-refractivity contribution in [2.75, 3.05) is 6.54 Å². The van der Waals surface area contributed by atoms with Crippen LogP contribution in [0.25, 0.3) is 11.3 Å². The maximum atomic E-state index is 13.5. The lowest BCUT2D eigenvalue weighted by molar-refractivity contribution is 0.0548. The average molecular weight is 489 g/mol. The summed E-state index contributed by atoms with van der Waals surface area (Å²) in [7, 11) is 0. The van der Waals surface area contributed by atoms with Gasteiger partial charge < -0.3 is 4.90 Å². The van der Waals surface area contributed by atoms with Crippen molar-refractivity contribution >= 4 is 29.3 Å². The smallest absolute Gasteiger partial charge is 0.261 e. The van der Waals surface area contributed by atoms with Gasteiger partial charge in [-0.3, -0.25) is 24.4 Å². The van der Waals surface area contributed by atoms with E-state index in [1.54, 1.807) is 23.1 Å². The molecule has 1 fully saturated rings. The molecule has 1 saturated carbocycles. The molecule has 178 valence electrons. The summed E-state index contributed by atoms with van der Waals surface area (Å²) in [5.41, 5.74) is 4.84. The summed E-state index contributed by atoms with van der Waals surface area (Å²) in [6, 6.07) is 12.4. The topological polar surface area (TPSA) is 86.4 Å². The van der Waals surface area contributed by atoms with Crippen molar-refractivity contribution in [1.29, 1.82) is 0 Å². The third kappa shape index (κ3) is 3.74. The number of amides is 3. The summed E-state index contributed by atoms with van der Waals surface area (Å²) in [6.45, 7) is 0.950. The number of H-pyrrole nitrogens is 1. The second-order valence-corrected chi connectivity index (χ2v) is 9.99. The molecule has 3 heterocycles. The highest BCUT2D eigenvalue weighted by atomic mass is 35.5. The van der Waals surface area contributed by atoms with Crippen molar-refractivity contribution in [2.45, 2.75) is 51.1 Å². The Hall–Kier alpha value is -3.45. The molecule has 3 amide bonds. The Morgan fingerprint density at radius 1 is 1.00 bits per heavy atom. The predicted molar refractivity (Wildman–Crippen MR) is 131 cm³/mol. The zero-order valence-corrected chi connectivity index (χ0v) is 20.0. The molecule has 6 rings (SSSR count). The second kappa shape index (κ2) is 8.64. The Morgan fingerprint density at radius 2 is 1.80 bits per heavy atom. The average Bonchev–Trinajstić information content (AvgIpc) is 3.42. The van der Waals surface area contributed by atoms with Crippen LogP contribution >= 0.6 is 11.6 Å². The number of benzene rings is 2. The van der Waals surface area contributed by atoms with Crippen molar-refractivity contribution in [1.82, 2.24) is 20.0 Å². The molecule has 0 bridgehead atoms. The van der Waals surface area contributed by atoms with Crippen LogP contribution in [-0.4, -0.2) is 50.3 Å². The zero-order chi connectivity index (χ0) is 24.1. The molecule has 2 aromatic carbocycles. The number of rotatable bonds is 3. The van der Waals surface area contributed by atoms with Gasteiger partial charge in [0.2, 0.25) is 0 Å². The minimum atomic E-state index is -0.273. The van der Waals surface area contributed by atoms with E-state index in [-0.39, 0.29) is 23.8 Å². The van der Waals surface area contributed by atoms with Crippen LogP contribution in [0.4, 0.5) is 0 Å². The van der Waals surface area contributed by atoms with Crippen LogP contribution in [0.2, 0.25) is 5.02 Å². The summed E-state index contributed by atoms with van der Waals surface area (Å²) in [6.07, 6.45) is 5.58. The highest BCUT2D eigenvalue weighted by Crippen LogP contribution is 2.33. The molecule has 2 aliphatic heterocycles. The molecule has 0 radical (unpaired) electrons. The Labute approximate surface area is 208 Å². The molecule has 0 saturated heterocycles. The van der Waals surface area contributed by atoms with Gasteiger partial charge in [0.15, 0.2) is 0 Å². The van der Waals surface area contributed by atoms with Gasteiger partial charge >= 0.3 is 0 Å².